The molecule has 1 atom stereocenters. The van der Waals surface area contributed by atoms with Crippen molar-refractivity contribution in [3.63, 3.8) is 0 Å². The number of fused-ring (bicyclic) bond motifs is 1. The Morgan fingerprint density at radius 2 is 1.83 bits per heavy atom. The molecule has 30 heavy (non-hydrogen) atoms. The Balaban J connectivity index is 1.53. The summed E-state index contributed by atoms with van der Waals surface area (Å²) >= 11 is 1.73. The monoisotopic (exact) mass is 413 g/mol. The highest BCUT2D eigenvalue weighted by atomic mass is 32.1. The fraction of sp³-hybridized carbons (Fsp3) is 0.125. The van der Waals surface area contributed by atoms with Crippen LogP contribution in [0.15, 0.2) is 83.2 Å². The van der Waals surface area contributed by atoms with Crippen LogP contribution in [0.2, 0.25) is 0 Å². The van der Waals surface area contributed by atoms with Crippen LogP contribution in [0, 0.1) is 0 Å². The van der Waals surface area contributed by atoms with Crippen LogP contribution in [0.5, 0.6) is 0 Å². The van der Waals surface area contributed by atoms with Crippen molar-refractivity contribution in [2.45, 2.75) is 12.5 Å². The zero-order chi connectivity index (χ0) is 20.5. The van der Waals surface area contributed by atoms with Gasteiger partial charge in [-0.25, -0.2) is 0 Å². The Morgan fingerprint density at radius 3 is 2.60 bits per heavy atom. The van der Waals surface area contributed by atoms with E-state index in [1.165, 1.54) is 4.88 Å². The van der Waals surface area contributed by atoms with Crippen molar-refractivity contribution in [2.75, 3.05) is 6.54 Å². The molecule has 4 aromatic rings. The highest BCUT2D eigenvalue weighted by Gasteiger charge is 2.34. The molecule has 5 nitrogen and oxygen atoms in total. The van der Waals surface area contributed by atoms with Crippen LogP contribution >= 0.6 is 11.3 Å². The maximum atomic E-state index is 13.5. The Labute approximate surface area is 177 Å². The molecule has 6 heteroatoms. The molecule has 0 bridgehead atoms. The summed E-state index contributed by atoms with van der Waals surface area (Å²) in [5, 5.41) is 2.07. The van der Waals surface area contributed by atoms with E-state index in [-0.39, 0.29) is 23.1 Å². The maximum Gasteiger partial charge on any atom is 0.261 e. The Bertz CT molecular complexity index is 1250. The molecule has 0 saturated heterocycles. The highest BCUT2D eigenvalue weighted by molar-refractivity contribution is 7.10. The van der Waals surface area contributed by atoms with Gasteiger partial charge in [-0.05, 0) is 53.3 Å². The summed E-state index contributed by atoms with van der Waals surface area (Å²) in [5.41, 5.74) is 3.50. The molecule has 1 aliphatic heterocycles. The number of rotatable bonds is 3. The van der Waals surface area contributed by atoms with Gasteiger partial charge in [-0.1, -0.05) is 30.3 Å². The molecule has 1 aromatic carbocycles. The molecule has 5 rings (SSSR count). The SMILES string of the molecule is O=C(c1ccc(-c2ccncc2)[nH]c1=O)N1CCc2sccc2[C@@H]1c1ccccc1. The lowest BCUT2D eigenvalue weighted by molar-refractivity contribution is 0.0694. The Kier molecular flexibility index (Phi) is 4.77. The molecule has 1 amide bonds. The van der Waals surface area contributed by atoms with Gasteiger partial charge in [0, 0.05) is 35.1 Å². The number of hydrogen-bond donors (Lipinski definition) is 1. The summed E-state index contributed by atoms with van der Waals surface area (Å²) in [6.45, 7) is 0.581. The summed E-state index contributed by atoms with van der Waals surface area (Å²) in [5.74, 6) is -0.247. The largest absolute Gasteiger partial charge is 0.327 e. The normalized spacial score (nSPS) is 15.6. The summed E-state index contributed by atoms with van der Waals surface area (Å²) in [6.07, 6.45) is 4.14. The van der Waals surface area contributed by atoms with Gasteiger partial charge in [-0.2, -0.15) is 0 Å². The van der Waals surface area contributed by atoms with Gasteiger partial charge >= 0.3 is 0 Å². The molecule has 1 N–H and O–H groups in total. The van der Waals surface area contributed by atoms with Gasteiger partial charge in [0.05, 0.1) is 6.04 Å². The van der Waals surface area contributed by atoms with Crippen molar-refractivity contribution < 1.29 is 4.79 Å². The fourth-order valence-electron chi connectivity index (χ4n) is 4.03. The first-order valence-electron chi connectivity index (χ1n) is 9.78. The Morgan fingerprint density at radius 1 is 1.03 bits per heavy atom. The van der Waals surface area contributed by atoms with E-state index in [4.69, 9.17) is 0 Å². The minimum absolute atomic E-state index is 0.160. The van der Waals surface area contributed by atoms with E-state index >= 15 is 0 Å². The number of hydrogen-bond acceptors (Lipinski definition) is 4. The molecule has 0 aliphatic carbocycles. The number of aromatic amines is 1. The second kappa shape index (κ2) is 7.72. The number of carbonyl (C=O) groups is 1. The Hall–Kier alpha value is -3.51. The van der Waals surface area contributed by atoms with E-state index in [2.05, 4.69) is 21.4 Å². The zero-order valence-electron chi connectivity index (χ0n) is 16.1. The fourth-order valence-corrected chi connectivity index (χ4v) is 4.93. The summed E-state index contributed by atoms with van der Waals surface area (Å²) < 4.78 is 0. The molecule has 148 valence electrons. The van der Waals surface area contributed by atoms with E-state index < -0.39 is 0 Å². The third kappa shape index (κ3) is 3.25. The molecule has 0 fully saturated rings. The topological polar surface area (TPSA) is 66.1 Å². The van der Waals surface area contributed by atoms with Crippen molar-refractivity contribution in [1.29, 1.82) is 0 Å². The summed E-state index contributed by atoms with van der Waals surface area (Å²) in [4.78, 5) is 36.3. The molecule has 3 aromatic heterocycles. The lowest BCUT2D eigenvalue weighted by atomic mass is 9.92. The number of nitrogens with zero attached hydrogens (tertiary/aromatic N) is 2. The third-order valence-electron chi connectivity index (χ3n) is 5.47. The third-order valence-corrected chi connectivity index (χ3v) is 6.47. The van der Waals surface area contributed by atoms with Crippen LogP contribution in [0.4, 0.5) is 0 Å². The molecule has 4 heterocycles. The predicted octanol–water partition coefficient (Wildman–Crippen LogP) is 4.29. The van der Waals surface area contributed by atoms with Gasteiger partial charge in [0.2, 0.25) is 0 Å². The minimum atomic E-state index is -0.378. The number of benzene rings is 1. The van der Waals surface area contributed by atoms with Crippen molar-refractivity contribution in [2.24, 2.45) is 0 Å². The first-order valence-corrected chi connectivity index (χ1v) is 10.7. The van der Waals surface area contributed by atoms with E-state index in [1.54, 1.807) is 35.9 Å². The highest BCUT2D eigenvalue weighted by Crippen LogP contribution is 2.38. The van der Waals surface area contributed by atoms with Gasteiger partial charge in [-0.15, -0.1) is 11.3 Å². The standard InChI is InChI=1S/C24H19N3O2S/c28-23-19(6-7-20(26-23)16-8-12-25-13-9-16)24(29)27-14-10-21-18(11-15-30-21)22(27)17-4-2-1-3-5-17/h1-9,11-13,15,22H,10,14H2,(H,26,28)/t22-/m0/s1. The number of amides is 1. The smallest absolute Gasteiger partial charge is 0.261 e. The minimum Gasteiger partial charge on any atom is -0.327 e. The number of pyridine rings is 2. The van der Waals surface area contributed by atoms with Crippen molar-refractivity contribution in [1.82, 2.24) is 14.9 Å². The molecule has 0 saturated carbocycles. The van der Waals surface area contributed by atoms with Crippen LogP contribution in [0.1, 0.15) is 32.4 Å². The second-order valence-corrected chi connectivity index (χ2v) is 8.21. The first-order chi connectivity index (χ1) is 14.7. The van der Waals surface area contributed by atoms with Crippen LogP contribution in [0.3, 0.4) is 0 Å². The number of carbonyl (C=O) groups excluding carboxylic acids is 1. The number of aromatic nitrogens is 2. The van der Waals surface area contributed by atoms with Gasteiger partial charge in [0.15, 0.2) is 0 Å². The van der Waals surface area contributed by atoms with Crippen LogP contribution in [-0.2, 0) is 6.42 Å². The number of thiophene rings is 1. The molecular formula is C24H19N3O2S. The average molecular weight is 414 g/mol. The summed E-state index contributed by atoms with van der Waals surface area (Å²) in [7, 11) is 0. The van der Waals surface area contributed by atoms with E-state index in [0.717, 1.165) is 23.1 Å². The van der Waals surface area contributed by atoms with Gasteiger partial charge in [-0.3, -0.25) is 14.6 Å². The van der Waals surface area contributed by atoms with Crippen LogP contribution in [-0.4, -0.2) is 27.3 Å². The molecule has 0 spiro atoms. The van der Waals surface area contributed by atoms with Crippen molar-refractivity contribution in [3.05, 3.63) is 110 Å². The molecule has 0 unspecified atom stereocenters. The van der Waals surface area contributed by atoms with E-state index in [9.17, 15) is 9.59 Å². The van der Waals surface area contributed by atoms with Crippen molar-refractivity contribution >= 4 is 17.2 Å². The van der Waals surface area contributed by atoms with Gasteiger partial charge < -0.3 is 9.88 Å². The lowest BCUT2D eigenvalue weighted by Gasteiger charge is -2.36. The molecule has 0 radical (unpaired) electrons. The van der Waals surface area contributed by atoms with E-state index in [1.807, 2.05) is 47.4 Å². The molecule has 1 aliphatic rings. The first kappa shape index (κ1) is 18.5. The van der Waals surface area contributed by atoms with Crippen LogP contribution in [0.25, 0.3) is 11.3 Å². The van der Waals surface area contributed by atoms with E-state index in [0.29, 0.717) is 12.2 Å². The van der Waals surface area contributed by atoms with Gasteiger partial charge in [0.1, 0.15) is 5.56 Å². The zero-order valence-corrected chi connectivity index (χ0v) is 16.9. The number of nitrogens with one attached hydrogen (secondary N) is 1. The maximum absolute atomic E-state index is 13.5. The van der Waals surface area contributed by atoms with Gasteiger partial charge in [0.25, 0.3) is 11.5 Å². The second-order valence-electron chi connectivity index (χ2n) is 7.21. The quantitative estimate of drug-likeness (QED) is 0.545. The predicted molar refractivity (Wildman–Crippen MR) is 118 cm³/mol. The number of H-pyrrole nitrogens is 1. The average Bonchev–Trinajstić information content (AvgIpc) is 3.28. The van der Waals surface area contributed by atoms with Crippen molar-refractivity contribution in [3.8, 4) is 11.3 Å². The lowest BCUT2D eigenvalue weighted by Crippen LogP contribution is -2.42. The van der Waals surface area contributed by atoms with Crippen LogP contribution < -0.4 is 5.56 Å². The molecular weight excluding hydrogens is 394 g/mol. The summed E-state index contributed by atoms with van der Waals surface area (Å²) in [6, 6.07) is 19.0.